The van der Waals surface area contributed by atoms with E-state index in [9.17, 15) is 9.18 Å². The van der Waals surface area contributed by atoms with Crippen molar-refractivity contribution >= 4 is 40.1 Å². The molecule has 0 aliphatic heterocycles. The van der Waals surface area contributed by atoms with Gasteiger partial charge in [0.1, 0.15) is 30.0 Å². The molecule has 36 heavy (non-hydrogen) atoms. The monoisotopic (exact) mass is 531 g/mol. The minimum Gasteiger partial charge on any atom is -0.486 e. The van der Waals surface area contributed by atoms with Crippen molar-refractivity contribution in [1.82, 2.24) is 14.9 Å². The first-order chi connectivity index (χ1) is 17.5. The van der Waals surface area contributed by atoms with Crippen LogP contribution in [0, 0.1) is 11.7 Å². The molecular weight excluding hydrogens is 500 g/mol. The molecule has 2 aliphatic carbocycles. The second kappa shape index (κ2) is 11.4. The van der Waals surface area contributed by atoms with Crippen molar-refractivity contribution < 1.29 is 13.9 Å². The highest BCUT2D eigenvalue weighted by Crippen LogP contribution is 2.37. The number of fused-ring (bicyclic) bond motifs is 1. The smallest absolute Gasteiger partial charge is 0.243 e. The van der Waals surface area contributed by atoms with Gasteiger partial charge in [0.2, 0.25) is 5.91 Å². The molecule has 2 saturated carbocycles. The van der Waals surface area contributed by atoms with Crippen molar-refractivity contribution in [2.45, 2.75) is 82.9 Å². The van der Waals surface area contributed by atoms with Crippen molar-refractivity contribution in [3.05, 3.63) is 58.1 Å². The summed E-state index contributed by atoms with van der Waals surface area (Å²) < 4.78 is 22.4. The molecule has 1 aromatic heterocycles. The van der Waals surface area contributed by atoms with E-state index in [0.29, 0.717) is 27.6 Å². The lowest BCUT2D eigenvalue weighted by atomic mass is 9.83. The standard InChI is InChI=1S/C28H32Cl2FN3O2/c29-19-11-13-21(14-12-19)36-17-26-33-24-16-23(31)22(30)15-25(24)34(26)27(18-7-3-1-4-8-18)28(35)32-20-9-5-2-6-10-20/h11-16,18,20,27H,1-10,17H2,(H,32,35). The van der Waals surface area contributed by atoms with E-state index in [2.05, 4.69) is 5.32 Å². The van der Waals surface area contributed by atoms with Gasteiger partial charge in [0.15, 0.2) is 0 Å². The molecule has 8 heteroatoms. The number of hydrogen-bond acceptors (Lipinski definition) is 3. The van der Waals surface area contributed by atoms with Crippen LogP contribution in [-0.2, 0) is 11.4 Å². The predicted molar refractivity (Wildman–Crippen MR) is 141 cm³/mol. The van der Waals surface area contributed by atoms with Crippen molar-refractivity contribution in [3.8, 4) is 5.75 Å². The lowest BCUT2D eigenvalue weighted by Crippen LogP contribution is -2.43. The maximum Gasteiger partial charge on any atom is 0.243 e. The van der Waals surface area contributed by atoms with Gasteiger partial charge in [-0.1, -0.05) is 61.7 Å². The maximum atomic E-state index is 14.4. The van der Waals surface area contributed by atoms with Crippen molar-refractivity contribution in [3.63, 3.8) is 0 Å². The molecule has 0 radical (unpaired) electrons. The summed E-state index contributed by atoms with van der Waals surface area (Å²) >= 11 is 12.2. The molecule has 2 fully saturated rings. The number of hydrogen-bond donors (Lipinski definition) is 1. The molecule has 1 N–H and O–H groups in total. The van der Waals surface area contributed by atoms with Gasteiger partial charge >= 0.3 is 0 Å². The summed E-state index contributed by atoms with van der Waals surface area (Å²) in [5, 5.41) is 3.99. The first-order valence-electron chi connectivity index (χ1n) is 13.0. The van der Waals surface area contributed by atoms with Gasteiger partial charge in [-0.3, -0.25) is 4.79 Å². The molecule has 1 unspecified atom stereocenters. The summed E-state index contributed by atoms with van der Waals surface area (Å²) in [5.74, 6) is 0.873. The largest absolute Gasteiger partial charge is 0.486 e. The fourth-order valence-electron chi connectivity index (χ4n) is 5.76. The Morgan fingerprint density at radius 3 is 2.39 bits per heavy atom. The number of nitrogens with one attached hydrogen (secondary N) is 1. The highest BCUT2D eigenvalue weighted by Gasteiger charge is 2.35. The summed E-state index contributed by atoms with van der Waals surface area (Å²) in [6, 6.07) is 9.78. The summed E-state index contributed by atoms with van der Waals surface area (Å²) in [6.07, 6.45) is 10.8. The molecule has 2 aliphatic rings. The van der Waals surface area contributed by atoms with Gasteiger partial charge in [-0.15, -0.1) is 0 Å². The van der Waals surface area contributed by atoms with Crippen LogP contribution in [-0.4, -0.2) is 21.5 Å². The second-order valence-corrected chi connectivity index (χ2v) is 10.9. The number of benzene rings is 2. The minimum atomic E-state index is -0.528. The van der Waals surface area contributed by atoms with Crippen molar-refractivity contribution in [2.75, 3.05) is 0 Å². The molecule has 2 aromatic carbocycles. The van der Waals surface area contributed by atoms with E-state index in [0.717, 1.165) is 51.4 Å². The van der Waals surface area contributed by atoms with Gasteiger partial charge in [-0.05, 0) is 61.9 Å². The zero-order chi connectivity index (χ0) is 25.1. The Morgan fingerprint density at radius 2 is 1.69 bits per heavy atom. The van der Waals surface area contributed by atoms with Crippen LogP contribution in [0.1, 0.15) is 76.1 Å². The SMILES string of the molecule is O=C(NC1CCCCC1)C(C1CCCCC1)n1c(COc2ccc(Cl)cc2)nc2cc(F)c(Cl)cc21. The molecule has 3 aromatic rings. The molecule has 0 spiro atoms. The van der Waals surface area contributed by atoms with Crippen LogP contribution < -0.4 is 10.1 Å². The number of carbonyl (C=O) groups excluding carboxylic acids is 1. The Kier molecular flexibility index (Phi) is 8.02. The lowest BCUT2D eigenvalue weighted by molar-refractivity contribution is -0.127. The predicted octanol–water partition coefficient (Wildman–Crippen LogP) is 7.63. The first kappa shape index (κ1) is 25.3. The molecule has 5 rings (SSSR count). The first-order valence-corrected chi connectivity index (χ1v) is 13.8. The highest BCUT2D eigenvalue weighted by molar-refractivity contribution is 6.31. The van der Waals surface area contributed by atoms with Gasteiger partial charge in [0, 0.05) is 17.1 Å². The maximum absolute atomic E-state index is 14.4. The number of rotatable bonds is 7. The number of nitrogens with zero attached hydrogens (tertiary/aromatic N) is 2. The summed E-state index contributed by atoms with van der Waals surface area (Å²) in [6.45, 7) is 0.134. The molecule has 5 nitrogen and oxygen atoms in total. The normalized spacial score (nSPS) is 18.3. The molecular formula is C28H32Cl2FN3O2. The number of carbonyl (C=O) groups is 1. The van der Waals surface area contributed by atoms with E-state index >= 15 is 0 Å². The average molecular weight is 532 g/mol. The minimum absolute atomic E-state index is 0.0151. The van der Waals surface area contributed by atoms with E-state index in [1.165, 1.54) is 18.9 Å². The van der Waals surface area contributed by atoms with E-state index in [1.54, 1.807) is 30.3 Å². The summed E-state index contributed by atoms with van der Waals surface area (Å²) in [4.78, 5) is 18.7. The molecule has 1 atom stereocenters. The van der Waals surface area contributed by atoms with Crippen LogP contribution >= 0.6 is 23.2 Å². The Morgan fingerprint density at radius 1 is 1.03 bits per heavy atom. The third-order valence-electron chi connectivity index (χ3n) is 7.58. The van der Waals surface area contributed by atoms with Gasteiger partial charge in [0.25, 0.3) is 0 Å². The van der Waals surface area contributed by atoms with E-state index in [4.69, 9.17) is 32.9 Å². The molecule has 1 amide bonds. The summed E-state index contributed by atoms with van der Waals surface area (Å²) in [7, 11) is 0. The van der Waals surface area contributed by atoms with Gasteiger partial charge in [-0.25, -0.2) is 9.37 Å². The topological polar surface area (TPSA) is 56.2 Å². The van der Waals surface area contributed by atoms with E-state index in [1.807, 2.05) is 4.57 Å². The number of halogens is 3. The lowest BCUT2D eigenvalue weighted by Gasteiger charge is -2.33. The van der Waals surface area contributed by atoms with Crippen LogP contribution in [0.4, 0.5) is 4.39 Å². The Hall–Kier alpha value is -2.31. The Balaban J connectivity index is 1.54. The van der Waals surface area contributed by atoms with Crippen LogP contribution in [0.2, 0.25) is 10.0 Å². The van der Waals surface area contributed by atoms with Gasteiger partial charge in [-0.2, -0.15) is 0 Å². The molecule has 1 heterocycles. The molecule has 192 valence electrons. The highest BCUT2D eigenvalue weighted by atomic mass is 35.5. The van der Waals surface area contributed by atoms with Crippen LogP contribution in [0.25, 0.3) is 11.0 Å². The Labute approximate surface area is 221 Å². The third kappa shape index (κ3) is 5.65. The zero-order valence-electron chi connectivity index (χ0n) is 20.3. The fraction of sp³-hybridized carbons (Fsp3) is 0.500. The average Bonchev–Trinajstić information content (AvgIpc) is 3.22. The second-order valence-electron chi connectivity index (χ2n) is 10.1. The number of aromatic nitrogens is 2. The zero-order valence-corrected chi connectivity index (χ0v) is 21.8. The van der Waals surface area contributed by atoms with Gasteiger partial charge in [0.05, 0.1) is 16.1 Å². The van der Waals surface area contributed by atoms with Crippen molar-refractivity contribution in [1.29, 1.82) is 0 Å². The fourth-order valence-corrected chi connectivity index (χ4v) is 6.04. The quantitative estimate of drug-likeness (QED) is 0.340. The van der Waals surface area contributed by atoms with Crippen LogP contribution in [0.3, 0.4) is 0 Å². The van der Waals surface area contributed by atoms with Crippen LogP contribution in [0.15, 0.2) is 36.4 Å². The Bertz CT molecular complexity index is 1200. The van der Waals surface area contributed by atoms with Crippen molar-refractivity contribution in [2.24, 2.45) is 5.92 Å². The molecule has 0 bridgehead atoms. The van der Waals surface area contributed by atoms with E-state index in [-0.39, 0.29) is 29.5 Å². The summed E-state index contributed by atoms with van der Waals surface area (Å²) in [5.41, 5.74) is 1.13. The molecule has 0 saturated heterocycles. The number of amides is 1. The third-order valence-corrected chi connectivity index (χ3v) is 8.12. The number of imidazole rings is 1. The van der Waals surface area contributed by atoms with Crippen LogP contribution in [0.5, 0.6) is 5.75 Å². The van der Waals surface area contributed by atoms with Gasteiger partial charge < -0.3 is 14.6 Å². The van der Waals surface area contributed by atoms with E-state index < -0.39 is 11.9 Å². The number of ether oxygens (including phenoxy) is 1.